The number of aliphatic hydroxyl groups excluding tert-OH is 1. The summed E-state index contributed by atoms with van der Waals surface area (Å²) in [6.07, 6.45) is 1.59. The number of rotatable bonds is 5. The van der Waals surface area contributed by atoms with Gasteiger partial charge < -0.3 is 15.3 Å². The molecule has 0 spiro atoms. The van der Waals surface area contributed by atoms with Crippen molar-refractivity contribution in [3.05, 3.63) is 35.4 Å². The summed E-state index contributed by atoms with van der Waals surface area (Å²) < 4.78 is 0. The van der Waals surface area contributed by atoms with Crippen LogP contribution in [0.3, 0.4) is 0 Å². The molecule has 2 N–H and O–H groups in total. The topological polar surface area (TPSA) is 52.6 Å². The molecule has 0 aliphatic carbocycles. The fourth-order valence-corrected chi connectivity index (χ4v) is 2.75. The van der Waals surface area contributed by atoms with E-state index in [0.717, 1.165) is 18.5 Å². The summed E-state index contributed by atoms with van der Waals surface area (Å²) in [5.74, 6) is 0.112. The fraction of sp³-hybridized carbons (Fsp3) is 0.562. The summed E-state index contributed by atoms with van der Waals surface area (Å²) in [7, 11) is 0. The van der Waals surface area contributed by atoms with Crippen molar-refractivity contribution >= 4 is 5.91 Å². The maximum atomic E-state index is 12.8. The summed E-state index contributed by atoms with van der Waals surface area (Å²) in [5.41, 5.74) is 2.36. The molecule has 20 heavy (non-hydrogen) atoms. The van der Waals surface area contributed by atoms with E-state index >= 15 is 0 Å². The first-order valence-electron chi connectivity index (χ1n) is 7.37. The van der Waals surface area contributed by atoms with E-state index in [1.54, 1.807) is 0 Å². The Hall–Kier alpha value is -1.39. The molecule has 1 unspecified atom stereocenters. The largest absolute Gasteiger partial charge is 0.396 e. The molecule has 1 aromatic carbocycles. The van der Waals surface area contributed by atoms with E-state index in [-0.39, 0.29) is 24.6 Å². The lowest BCUT2D eigenvalue weighted by atomic mass is 9.93. The van der Waals surface area contributed by atoms with Gasteiger partial charge in [0.15, 0.2) is 0 Å². The van der Waals surface area contributed by atoms with Gasteiger partial charge in [-0.1, -0.05) is 24.3 Å². The zero-order chi connectivity index (χ0) is 14.5. The molecule has 0 fully saturated rings. The van der Waals surface area contributed by atoms with Crippen molar-refractivity contribution in [2.45, 2.75) is 38.8 Å². The van der Waals surface area contributed by atoms with Gasteiger partial charge in [-0.2, -0.15) is 0 Å². The van der Waals surface area contributed by atoms with E-state index in [1.807, 2.05) is 36.9 Å². The van der Waals surface area contributed by atoms with Gasteiger partial charge in [-0.25, -0.2) is 0 Å². The Bertz CT molecular complexity index is 460. The maximum Gasteiger partial charge on any atom is 0.244 e. The number of hydrogen-bond acceptors (Lipinski definition) is 3. The highest BCUT2D eigenvalue weighted by Crippen LogP contribution is 2.25. The second-order valence-electron chi connectivity index (χ2n) is 5.54. The number of nitrogens with zero attached hydrogens (tertiary/aromatic N) is 1. The molecule has 1 aliphatic heterocycles. The first-order valence-corrected chi connectivity index (χ1v) is 7.37. The molecule has 1 aromatic rings. The molecule has 110 valence electrons. The quantitative estimate of drug-likeness (QED) is 0.857. The van der Waals surface area contributed by atoms with Crippen molar-refractivity contribution in [3.63, 3.8) is 0 Å². The molecule has 4 heteroatoms. The Morgan fingerprint density at radius 2 is 2.20 bits per heavy atom. The van der Waals surface area contributed by atoms with Crippen LogP contribution in [-0.2, 0) is 11.2 Å². The van der Waals surface area contributed by atoms with Gasteiger partial charge in [0.2, 0.25) is 5.91 Å². The molecule has 1 atom stereocenters. The lowest BCUT2D eigenvalue weighted by Gasteiger charge is -2.33. The van der Waals surface area contributed by atoms with Crippen molar-refractivity contribution in [1.29, 1.82) is 0 Å². The highest BCUT2D eigenvalue weighted by molar-refractivity contribution is 5.84. The van der Waals surface area contributed by atoms with Crippen LogP contribution in [0.25, 0.3) is 0 Å². The Morgan fingerprint density at radius 1 is 1.45 bits per heavy atom. The number of amides is 1. The third kappa shape index (κ3) is 3.19. The molecule has 1 aliphatic rings. The van der Waals surface area contributed by atoms with Crippen LogP contribution in [0.5, 0.6) is 0 Å². The van der Waals surface area contributed by atoms with E-state index in [4.69, 9.17) is 5.11 Å². The van der Waals surface area contributed by atoms with Gasteiger partial charge in [-0.3, -0.25) is 4.79 Å². The Morgan fingerprint density at radius 3 is 2.90 bits per heavy atom. The van der Waals surface area contributed by atoms with Crippen LogP contribution in [-0.4, -0.2) is 41.7 Å². The maximum absolute atomic E-state index is 12.8. The zero-order valence-corrected chi connectivity index (χ0v) is 12.3. The van der Waals surface area contributed by atoms with Gasteiger partial charge in [-0.05, 0) is 37.8 Å². The van der Waals surface area contributed by atoms with E-state index < -0.39 is 0 Å². The monoisotopic (exact) mass is 276 g/mol. The number of fused-ring (bicyclic) bond motifs is 1. The number of hydrogen-bond donors (Lipinski definition) is 2. The summed E-state index contributed by atoms with van der Waals surface area (Å²) in [4.78, 5) is 14.6. The Balaban J connectivity index is 2.20. The van der Waals surface area contributed by atoms with E-state index in [0.29, 0.717) is 13.0 Å². The smallest absolute Gasteiger partial charge is 0.244 e. The number of carbonyl (C=O) groups excluding carboxylic acids is 1. The Kier molecular flexibility index (Phi) is 5.15. The van der Waals surface area contributed by atoms with Crippen LogP contribution in [0.1, 0.15) is 37.4 Å². The molecule has 1 heterocycles. The number of carbonyl (C=O) groups is 1. The highest BCUT2D eigenvalue weighted by Gasteiger charge is 2.30. The van der Waals surface area contributed by atoms with Crippen LogP contribution in [0, 0.1) is 0 Å². The Labute approximate surface area is 120 Å². The van der Waals surface area contributed by atoms with Crippen molar-refractivity contribution in [2.75, 3.05) is 19.7 Å². The third-order valence-corrected chi connectivity index (χ3v) is 3.82. The van der Waals surface area contributed by atoms with Gasteiger partial charge in [-0.15, -0.1) is 0 Å². The van der Waals surface area contributed by atoms with Crippen LogP contribution in [0.2, 0.25) is 0 Å². The molecule has 0 bridgehead atoms. The van der Waals surface area contributed by atoms with Gasteiger partial charge in [0.1, 0.15) is 6.04 Å². The van der Waals surface area contributed by atoms with Crippen LogP contribution in [0.15, 0.2) is 24.3 Å². The lowest BCUT2D eigenvalue weighted by Crippen LogP contribution is -2.47. The van der Waals surface area contributed by atoms with Crippen molar-refractivity contribution < 1.29 is 9.90 Å². The molecule has 2 rings (SSSR count). The molecule has 0 radical (unpaired) electrons. The van der Waals surface area contributed by atoms with Crippen molar-refractivity contribution in [1.82, 2.24) is 10.2 Å². The average molecular weight is 276 g/mol. The second-order valence-corrected chi connectivity index (χ2v) is 5.54. The summed E-state index contributed by atoms with van der Waals surface area (Å²) in [6, 6.07) is 8.04. The van der Waals surface area contributed by atoms with Gasteiger partial charge in [0.25, 0.3) is 0 Å². The van der Waals surface area contributed by atoms with Gasteiger partial charge in [0.05, 0.1) is 0 Å². The number of aliphatic hydroxyl groups is 1. The SMILES string of the molecule is CC(C)N(CCCO)C(=O)C1NCCc2ccccc21. The predicted octanol–water partition coefficient (Wildman–Crippen LogP) is 1.49. The molecule has 0 aromatic heterocycles. The first-order chi connectivity index (χ1) is 9.65. The summed E-state index contributed by atoms with van der Waals surface area (Å²) in [6.45, 7) is 5.59. The van der Waals surface area contributed by atoms with E-state index in [1.165, 1.54) is 5.56 Å². The van der Waals surface area contributed by atoms with Gasteiger partial charge >= 0.3 is 0 Å². The minimum Gasteiger partial charge on any atom is -0.396 e. The lowest BCUT2D eigenvalue weighted by molar-refractivity contribution is -0.135. The van der Waals surface area contributed by atoms with Crippen LogP contribution in [0.4, 0.5) is 0 Å². The van der Waals surface area contributed by atoms with Crippen LogP contribution >= 0.6 is 0 Å². The first kappa shape index (κ1) is 15.0. The predicted molar refractivity (Wildman–Crippen MR) is 79.4 cm³/mol. The molecule has 1 amide bonds. The minimum absolute atomic E-state index is 0.112. The summed E-state index contributed by atoms with van der Waals surface area (Å²) in [5, 5.41) is 12.3. The standard InChI is InChI=1S/C16H24N2O2/c1-12(2)18(10-5-11-19)16(20)15-14-7-4-3-6-13(14)8-9-17-15/h3-4,6-7,12,15,17,19H,5,8-11H2,1-2H3. The van der Waals surface area contributed by atoms with Gasteiger partial charge in [0, 0.05) is 25.7 Å². The molecule has 4 nitrogen and oxygen atoms in total. The third-order valence-electron chi connectivity index (χ3n) is 3.82. The highest BCUT2D eigenvalue weighted by atomic mass is 16.3. The second kappa shape index (κ2) is 6.86. The molecular weight excluding hydrogens is 252 g/mol. The molecular formula is C16H24N2O2. The fourth-order valence-electron chi connectivity index (χ4n) is 2.75. The minimum atomic E-state index is -0.249. The zero-order valence-electron chi connectivity index (χ0n) is 12.3. The normalized spacial score (nSPS) is 17.9. The van der Waals surface area contributed by atoms with Crippen molar-refractivity contribution in [2.24, 2.45) is 0 Å². The van der Waals surface area contributed by atoms with Crippen LogP contribution < -0.4 is 5.32 Å². The molecule has 0 saturated carbocycles. The van der Waals surface area contributed by atoms with E-state index in [9.17, 15) is 4.79 Å². The van der Waals surface area contributed by atoms with Crippen molar-refractivity contribution in [3.8, 4) is 0 Å². The summed E-state index contributed by atoms with van der Waals surface area (Å²) >= 11 is 0. The molecule has 0 saturated heterocycles. The number of nitrogens with one attached hydrogen (secondary N) is 1. The number of benzene rings is 1. The van der Waals surface area contributed by atoms with E-state index in [2.05, 4.69) is 11.4 Å². The average Bonchev–Trinajstić information content (AvgIpc) is 2.46.